The van der Waals surface area contributed by atoms with Crippen LogP contribution in [0.3, 0.4) is 0 Å². The Balaban J connectivity index is 1.86. The van der Waals surface area contributed by atoms with Crippen molar-refractivity contribution in [1.29, 1.82) is 0 Å². The Morgan fingerprint density at radius 3 is 2.58 bits per heavy atom. The van der Waals surface area contributed by atoms with Gasteiger partial charge in [-0.25, -0.2) is 9.37 Å². The van der Waals surface area contributed by atoms with Crippen LogP contribution in [-0.4, -0.2) is 9.97 Å². The Kier molecular flexibility index (Phi) is 4.57. The van der Waals surface area contributed by atoms with Crippen molar-refractivity contribution >= 4 is 44.7 Å². The monoisotopic (exact) mass is 383 g/mol. The first-order valence-electron chi connectivity index (χ1n) is 8.21. The van der Waals surface area contributed by atoms with Crippen molar-refractivity contribution < 1.29 is 4.39 Å². The minimum Gasteiger partial charge on any atom is -0.337 e. The van der Waals surface area contributed by atoms with E-state index in [1.165, 1.54) is 23.0 Å². The zero-order valence-electron chi connectivity index (χ0n) is 14.0. The highest BCUT2D eigenvalue weighted by atomic mass is 35.5. The topological polar surface area (TPSA) is 37.8 Å². The van der Waals surface area contributed by atoms with E-state index in [0.29, 0.717) is 11.5 Å². The van der Waals surface area contributed by atoms with Crippen LogP contribution in [0.4, 0.5) is 15.9 Å². The summed E-state index contributed by atoms with van der Waals surface area (Å²) in [6.45, 7) is 2.13. The van der Waals surface area contributed by atoms with Gasteiger partial charge < -0.3 is 5.32 Å². The van der Waals surface area contributed by atoms with E-state index in [4.69, 9.17) is 11.6 Å². The number of para-hydroxylation sites is 1. The lowest BCUT2D eigenvalue weighted by Gasteiger charge is -2.10. The molecule has 130 valence electrons. The molecule has 2 aromatic carbocycles. The highest BCUT2D eigenvalue weighted by Crippen LogP contribution is 2.38. The number of anilines is 2. The summed E-state index contributed by atoms with van der Waals surface area (Å²) >= 11 is 7.57. The summed E-state index contributed by atoms with van der Waals surface area (Å²) in [6.07, 6.45) is 0.990. The van der Waals surface area contributed by atoms with Crippen molar-refractivity contribution in [1.82, 2.24) is 9.97 Å². The molecule has 0 aliphatic carbocycles. The van der Waals surface area contributed by atoms with Crippen LogP contribution in [0.1, 0.15) is 12.5 Å². The van der Waals surface area contributed by atoms with Gasteiger partial charge in [0.15, 0.2) is 0 Å². The van der Waals surface area contributed by atoms with Gasteiger partial charge in [0, 0.05) is 10.9 Å². The lowest BCUT2D eigenvalue weighted by atomic mass is 10.0. The molecule has 6 heteroatoms. The molecule has 0 bridgehead atoms. The fourth-order valence-corrected chi connectivity index (χ4v) is 4.00. The molecule has 0 spiro atoms. The number of nitrogens with one attached hydrogen (secondary N) is 1. The molecule has 0 saturated heterocycles. The fraction of sp³-hybridized carbons (Fsp3) is 0.100. The van der Waals surface area contributed by atoms with Gasteiger partial charge in [-0.1, -0.05) is 43.3 Å². The molecule has 0 unspecified atom stereocenters. The van der Waals surface area contributed by atoms with Crippen LogP contribution in [0.15, 0.2) is 53.9 Å². The molecule has 26 heavy (non-hydrogen) atoms. The number of halogens is 2. The first kappa shape index (κ1) is 16.9. The summed E-state index contributed by atoms with van der Waals surface area (Å²) < 4.78 is 14.1. The molecule has 3 nitrogen and oxygen atoms in total. The molecule has 2 aromatic heterocycles. The van der Waals surface area contributed by atoms with E-state index >= 15 is 0 Å². The lowest BCUT2D eigenvalue weighted by Crippen LogP contribution is -1.98. The van der Waals surface area contributed by atoms with Crippen LogP contribution < -0.4 is 5.32 Å². The molecule has 0 amide bonds. The van der Waals surface area contributed by atoms with E-state index < -0.39 is 0 Å². The zero-order chi connectivity index (χ0) is 18.1. The third-order valence-electron chi connectivity index (χ3n) is 4.21. The number of nitrogens with zero attached hydrogens (tertiary/aromatic N) is 2. The minimum absolute atomic E-state index is 0.131. The van der Waals surface area contributed by atoms with Crippen molar-refractivity contribution in [3.63, 3.8) is 0 Å². The second kappa shape index (κ2) is 7.02. The number of thiophene rings is 1. The smallest absolute Gasteiger partial charge is 0.225 e. The Morgan fingerprint density at radius 2 is 1.85 bits per heavy atom. The number of aryl methyl sites for hydroxylation is 1. The molecule has 0 aliphatic rings. The molecule has 0 radical (unpaired) electrons. The predicted molar refractivity (Wildman–Crippen MR) is 107 cm³/mol. The summed E-state index contributed by atoms with van der Waals surface area (Å²) in [5.74, 6) is 0.153. The number of fused-ring (bicyclic) bond motifs is 1. The van der Waals surface area contributed by atoms with Gasteiger partial charge in [0.05, 0.1) is 11.1 Å². The second-order valence-corrected chi connectivity index (χ2v) is 7.02. The van der Waals surface area contributed by atoms with Gasteiger partial charge in [0.1, 0.15) is 16.5 Å². The van der Waals surface area contributed by atoms with E-state index in [0.717, 1.165) is 27.8 Å². The molecule has 2 heterocycles. The van der Waals surface area contributed by atoms with Gasteiger partial charge in [-0.05, 0) is 41.3 Å². The average molecular weight is 384 g/mol. The number of aromatic nitrogens is 2. The van der Waals surface area contributed by atoms with Gasteiger partial charge in [0.25, 0.3) is 0 Å². The molecule has 4 rings (SSSR count). The normalized spacial score (nSPS) is 11.0. The van der Waals surface area contributed by atoms with Crippen molar-refractivity contribution in [2.75, 3.05) is 5.32 Å². The Hall–Kier alpha value is -2.50. The maximum Gasteiger partial charge on any atom is 0.225 e. The molecular weight excluding hydrogens is 369 g/mol. The Bertz CT molecular complexity index is 1080. The van der Waals surface area contributed by atoms with Crippen LogP contribution in [0.2, 0.25) is 5.28 Å². The highest BCUT2D eigenvalue weighted by Gasteiger charge is 2.16. The quantitative estimate of drug-likeness (QED) is 0.411. The van der Waals surface area contributed by atoms with E-state index in [-0.39, 0.29) is 11.1 Å². The summed E-state index contributed by atoms with van der Waals surface area (Å²) in [4.78, 5) is 9.39. The van der Waals surface area contributed by atoms with Crippen molar-refractivity contribution in [2.45, 2.75) is 13.3 Å². The molecule has 0 aliphatic heterocycles. The highest BCUT2D eigenvalue weighted by molar-refractivity contribution is 7.17. The summed E-state index contributed by atoms with van der Waals surface area (Å²) in [5.41, 5.74) is 3.69. The second-order valence-electron chi connectivity index (χ2n) is 5.83. The standard InChI is InChI=1S/C20H15ClFN3S/c1-2-12-7-9-13(10-8-12)14-11-26-19-17(14)18(24-20(21)25-19)23-16-6-4-3-5-15(16)22/h3-11H,2H2,1H3,(H,23,24,25). The average Bonchev–Trinajstić information content (AvgIpc) is 3.07. The van der Waals surface area contributed by atoms with Crippen LogP contribution in [-0.2, 0) is 6.42 Å². The van der Waals surface area contributed by atoms with Crippen LogP contribution >= 0.6 is 22.9 Å². The van der Waals surface area contributed by atoms with Gasteiger partial charge in [-0.15, -0.1) is 11.3 Å². The number of benzene rings is 2. The molecule has 0 atom stereocenters. The van der Waals surface area contributed by atoms with Gasteiger partial charge in [-0.2, -0.15) is 4.98 Å². The Labute approximate surface area is 159 Å². The van der Waals surface area contributed by atoms with E-state index in [9.17, 15) is 4.39 Å². The van der Waals surface area contributed by atoms with Crippen molar-refractivity contribution in [3.8, 4) is 11.1 Å². The fourth-order valence-electron chi connectivity index (χ4n) is 2.83. The van der Waals surface area contributed by atoms with Gasteiger partial charge >= 0.3 is 0 Å². The van der Waals surface area contributed by atoms with Gasteiger partial charge in [-0.3, -0.25) is 0 Å². The molecule has 4 aromatic rings. The van der Waals surface area contributed by atoms with Crippen molar-refractivity contribution in [3.05, 3.63) is 70.6 Å². The lowest BCUT2D eigenvalue weighted by molar-refractivity contribution is 0.632. The molecular formula is C20H15ClFN3S. The summed E-state index contributed by atoms with van der Waals surface area (Å²) in [7, 11) is 0. The molecule has 0 fully saturated rings. The van der Waals surface area contributed by atoms with Crippen LogP contribution in [0, 0.1) is 5.82 Å². The van der Waals surface area contributed by atoms with Crippen LogP contribution in [0.25, 0.3) is 21.3 Å². The molecule has 1 N–H and O–H groups in total. The van der Waals surface area contributed by atoms with Crippen molar-refractivity contribution in [2.24, 2.45) is 0 Å². The number of hydrogen-bond acceptors (Lipinski definition) is 4. The first-order chi connectivity index (χ1) is 12.7. The SMILES string of the molecule is CCc1ccc(-c2csc3nc(Cl)nc(Nc4ccccc4F)c23)cc1. The van der Waals surface area contributed by atoms with Gasteiger partial charge in [0.2, 0.25) is 5.28 Å². The predicted octanol–water partition coefficient (Wildman–Crippen LogP) is 6.46. The van der Waals surface area contributed by atoms with E-state index in [1.54, 1.807) is 18.2 Å². The van der Waals surface area contributed by atoms with E-state index in [2.05, 4.69) is 46.5 Å². The summed E-state index contributed by atoms with van der Waals surface area (Å²) in [5, 5.41) is 6.07. The maximum atomic E-state index is 14.1. The van der Waals surface area contributed by atoms with Crippen LogP contribution in [0.5, 0.6) is 0 Å². The number of hydrogen-bond donors (Lipinski definition) is 1. The largest absolute Gasteiger partial charge is 0.337 e. The summed E-state index contributed by atoms with van der Waals surface area (Å²) in [6, 6.07) is 14.9. The third-order valence-corrected chi connectivity index (χ3v) is 5.25. The third kappa shape index (κ3) is 3.16. The first-order valence-corrected chi connectivity index (χ1v) is 9.47. The minimum atomic E-state index is -0.348. The number of rotatable bonds is 4. The Morgan fingerprint density at radius 1 is 1.08 bits per heavy atom. The maximum absolute atomic E-state index is 14.1. The van der Waals surface area contributed by atoms with E-state index in [1.807, 2.05) is 5.38 Å². The molecule has 0 saturated carbocycles. The zero-order valence-corrected chi connectivity index (χ0v) is 15.5.